The molecule has 19 heavy (non-hydrogen) atoms. The molecule has 1 rings (SSSR count). The van der Waals surface area contributed by atoms with Crippen LogP contribution in [0.4, 0.5) is 0 Å². The Bertz CT molecular complexity index is 484. The number of sulfonamides is 1. The third-order valence-electron chi connectivity index (χ3n) is 2.97. The highest BCUT2D eigenvalue weighted by Gasteiger charge is 2.29. The molecule has 110 valence electrons. The molecule has 0 aliphatic carbocycles. The highest BCUT2D eigenvalue weighted by Crippen LogP contribution is 2.26. The first-order valence-electron chi connectivity index (χ1n) is 6.16. The second-order valence-electron chi connectivity index (χ2n) is 4.30. The van der Waals surface area contributed by atoms with Crippen LogP contribution in [0.3, 0.4) is 0 Å². The number of thiophene rings is 1. The fraction of sp³-hybridized carbons (Fsp3) is 0.667. The van der Waals surface area contributed by atoms with E-state index in [9.17, 15) is 8.42 Å². The molecule has 0 fully saturated rings. The van der Waals surface area contributed by atoms with Crippen molar-refractivity contribution in [3.8, 4) is 0 Å². The minimum atomic E-state index is -3.51. The molecule has 0 radical (unpaired) electrons. The molecule has 1 aromatic heterocycles. The fourth-order valence-corrected chi connectivity index (χ4v) is 4.67. The van der Waals surface area contributed by atoms with Gasteiger partial charge in [0, 0.05) is 19.7 Å². The summed E-state index contributed by atoms with van der Waals surface area (Å²) in [6, 6.07) is 1.45. The zero-order valence-corrected chi connectivity index (χ0v) is 13.1. The average Bonchev–Trinajstić information content (AvgIpc) is 2.88. The van der Waals surface area contributed by atoms with Gasteiger partial charge in [0.2, 0.25) is 0 Å². The summed E-state index contributed by atoms with van der Waals surface area (Å²) < 4.78 is 31.8. The van der Waals surface area contributed by atoms with Gasteiger partial charge in [0.1, 0.15) is 4.21 Å². The van der Waals surface area contributed by atoms with Gasteiger partial charge in [-0.1, -0.05) is 6.92 Å². The van der Waals surface area contributed by atoms with Crippen LogP contribution in [0.25, 0.3) is 0 Å². The summed E-state index contributed by atoms with van der Waals surface area (Å²) in [5.74, 6) is 0. The van der Waals surface area contributed by atoms with E-state index in [-0.39, 0.29) is 16.9 Å². The molecule has 5 nitrogen and oxygen atoms in total. The summed E-state index contributed by atoms with van der Waals surface area (Å²) in [5, 5.41) is 10.7. The predicted octanol–water partition coefficient (Wildman–Crippen LogP) is 1.68. The smallest absolute Gasteiger partial charge is 0.252 e. The van der Waals surface area contributed by atoms with Crippen molar-refractivity contribution in [3.63, 3.8) is 0 Å². The molecule has 1 atom stereocenters. The van der Waals surface area contributed by atoms with Crippen molar-refractivity contribution in [3.05, 3.63) is 17.0 Å². The van der Waals surface area contributed by atoms with Crippen molar-refractivity contribution in [1.29, 1.82) is 0 Å². The summed E-state index contributed by atoms with van der Waals surface area (Å²) in [5.41, 5.74) is 0.624. The Morgan fingerprint density at radius 3 is 2.68 bits per heavy atom. The third kappa shape index (κ3) is 4.00. The molecule has 7 heteroatoms. The second kappa shape index (κ2) is 7.35. The standard InChI is InChI=1S/C12H21NO4S2/c1-4-10(2)13(5-6-17-3)19(15,16)12-7-11(8-14)9-18-12/h7,9-10,14H,4-6,8H2,1-3H3. The van der Waals surface area contributed by atoms with Crippen LogP contribution < -0.4 is 0 Å². The van der Waals surface area contributed by atoms with Gasteiger partial charge in [-0.05, 0) is 30.4 Å². The van der Waals surface area contributed by atoms with Crippen LogP contribution in [-0.4, -0.2) is 44.1 Å². The van der Waals surface area contributed by atoms with Crippen LogP contribution in [0, 0.1) is 0 Å². The molecule has 0 bridgehead atoms. The van der Waals surface area contributed by atoms with Crippen LogP contribution in [0.5, 0.6) is 0 Å². The van der Waals surface area contributed by atoms with E-state index in [1.807, 2.05) is 13.8 Å². The molecule has 0 aromatic carbocycles. The Morgan fingerprint density at radius 2 is 2.21 bits per heavy atom. The lowest BCUT2D eigenvalue weighted by Crippen LogP contribution is -2.40. The van der Waals surface area contributed by atoms with Crippen molar-refractivity contribution in [2.45, 2.75) is 37.1 Å². The van der Waals surface area contributed by atoms with Crippen molar-refractivity contribution >= 4 is 21.4 Å². The van der Waals surface area contributed by atoms with Crippen molar-refractivity contribution in [1.82, 2.24) is 4.31 Å². The van der Waals surface area contributed by atoms with Crippen LogP contribution >= 0.6 is 11.3 Å². The Morgan fingerprint density at radius 1 is 1.53 bits per heavy atom. The van der Waals surface area contributed by atoms with Crippen molar-refractivity contribution in [2.24, 2.45) is 0 Å². The molecule has 0 spiro atoms. The molecule has 1 unspecified atom stereocenters. The van der Waals surface area contributed by atoms with Crippen LogP contribution in [-0.2, 0) is 21.4 Å². The first-order chi connectivity index (χ1) is 8.97. The van der Waals surface area contributed by atoms with Crippen molar-refractivity contribution in [2.75, 3.05) is 20.3 Å². The number of rotatable bonds is 8. The van der Waals surface area contributed by atoms with Crippen LogP contribution in [0.2, 0.25) is 0 Å². The van der Waals surface area contributed by atoms with Gasteiger partial charge in [-0.15, -0.1) is 11.3 Å². The summed E-state index contributed by atoms with van der Waals surface area (Å²) in [7, 11) is -1.96. The van der Waals surface area contributed by atoms with E-state index in [2.05, 4.69) is 0 Å². The minimum Gasteiger partial charge on any atom is -0.392 e. The van der Waals surface area contributed by atoms with E-state index >= 15 is 0 Å². The zero-order valence-electron chi connectivity index (χ0n) is 11.5. The van der Waals surface area contributed by atoms with E-state index in [1.54, 1.807) is 12.5 Å². The van der Waals surface area contributed by atoms with E-state index in [4.69, 9.17) is 9.84 Å². The molecule has 0 aliphatic heterocycles. The lowest BCUT2D eigenvalue weighted by molar-refractivity contribution is 0.167. The quantitative estimate of drug-likeness (QED) is 0.793. The highest BCUT2D eigenvalue weighted by atomic mass is 32.2. The maximum absolute atomic E-state index is 12.6. The molecular formula is C12H21NO4S2. The number of aliphatic hydroxyl groups excluding tert-OH is 1. The van der Waals surface area contributed by atoms with Crippen LogP contribution in [0.1, 0.15) is 25.8 Å². The number of hydrogen-bond acceptors (Lipinski definition) is 5. The Kier molecular flexibility index (Phi) is 6.41. The SMILES string of the molecule is CCC(C)N(CCOC)S(=O)(=O)c1cc(CO)cs1. The Hall–Kier alpha value is -0.470. The topological polar surface area (TPSA) is 66.8 Å². The van der Waals surface area contributed by atoms with E-state index in [0.29, 0.717) is 18.7 Å². The van der Waals surface area contributed by atoms with Gasteiger partial charge >= 0.3 is 0 Å². The number of ether oxygens (including phenoxy) is 1. The predicted molar refractivity (Wildman–Crippen MR) is 75.8 cm³/mol. The molecule has 0 saturated carbocycles. The van der Waals surface area contributed by atoms with E-state index < -0.39 is 10.0 Å². The molecule has 0 saturated heterocycles. The maximum atomic E-state index is 12.6. The summed E-state index contributed by atoms with van der Waals surface area (Å²) in [6.07, 6.45) is 0.737. The van der Waals surface area contributed by atoms with Gasteiger partial charge < -0.3 is 9.84 Å². The van der Waals surface area contributed by atoms with Gasteiger partial charge in [0.15, 0.2) is 0 Å². The first-order valence-corrected chi connectivity index (χ1v) is 8.48. The van der Waals surface area contributed by atoms with Crippen molar-refractivity contribution < 1.29 is 18.3 Å². The van der Waals surface area contributed by atoms with Gasteiger partial charge in [-0.3, -0.25) is 0 Å². The lowest BCUT2D eigenvalue weighted by Gasteiger charge is -2.26. The number of nitrogens with zero attached hydrogens (tertiary/aromatic N) is 1. The number of methoxy groups -OCH3 is 1. The Balaban J connectivity index is 3.04. The molecule has 1 aromatic rings. The third-order valence-corrected chi connectivity index (χ3v) is 6.45. The van der Waals surface area contributed by atoms with Gasteiger partial charge in [-0.25, -0.2) is 8.42 Å². The van der Waals surface area contributed by atoms with E-state index in [1.165, 1.54) is 10.4 Å². The lowest BCUT2D eigenvalue weighted by atomic mass is 10.3. The summed E-state index contributed by atoms with van der Waals surface area (Å²) in [6.45, 7) is 4.39. The van der Waals surface area contributed by atoms with Gasteiger partial charge in [0.05, 0.1) is 13.2 Å². The summed E-state index contributed by atoms with van der Waals surface area (Å²) >= 11 is 1.14. The summed E-state index contributed by atoms with van der Waals surface area (Å²) in [4.78, 5) is 0. The minimum absolute atomic E-state index is 0.0835. The molecule has 0 amide bonds. The average molecular weight is 307 g/mol. The van der Waals surface area contributed by atoms with E-state index in [0.717, 1.165) is 17.8 Å². The number of aliphatic hydroxyl groups is 1. The van der Waals surface area contributed by atoms with Gasteiger partial charge in [0.25, 0.3) is 10.0 Å². The monoisotopic (exact) mass is 307 g/mol. The zero-order chi connectivity index (χ0) is 14.5. The maximum Gasteiger partial charge on any atom is 0.252 e. The largest absolute Gasteiger partial charge is 0.392 e. The normalized spacial score (nSPS) is 13.9. The second-order valence-corrected chi connectivity index (χ2v) is 7.33. The molecule has 1 heterocycles. The molecule has 1 N–H and O–H groups in total. The molecular weight excluding hydrogens is 286 g/mol. The van der Waals surface area contributed by atoms with Gasteiger partial charge in [-0.2, -0.15) is 4.31 Å². The first kappa shape index (κ1) is 16.6. The number of hydrogen-bond donors (Lipinski definition) is 1. The highest BCUT2D eigenvalue weighted by molar-refractivity contribution is 7.91. The van der Waals surface area contributed by atoms with Crippen LogP contribution in [0.15, 0.2) is 15.7 Å². The molecule has 0 aliphatic rings. The fourth-order valence-electron chi connectivity index (χ4n) is 1.65. The Labute approximate surface area is 118 Å².